The van der Waals surface area contributed by atoms with Gasteiger partial charge < -0.3 is 5.32 Å². The lowest BCUT2D eigenvalue weighted by Crippen LogP contribution is -2.32. The van der Waals surface area contributed by atoms with Gasteiger partial charge in [0.1, 0.15) is 0 Å². The van der Waals surface area contributed by atoms with Crippen LogP contribution in [-0.2, 0) is 4.79 Å². The molecular weight excluding hydrogens is 178 g/mol. The van der Waals surface area contributed by atoms with Crippen molar-refractivity contribution in [3.63, 3.8) is 0 Å². The second-order valence-electron chi connectivity index (χ2n) is 2.14. The number of nitrogens with one attached hydrogen (secondary N) is 1. The Kier molecular flexibility index (Phi) is 5.50. The van der Waals surface area contributed by atoms with Crippen LogP contribution in [0.25, 0.3) is 0 Å². The highest BCUT2D eigenvalue weighted by atomic mass is 32.2. The van der Waals surface area contributed by atoms with Gasteiger partial charge in [0.25, 0.3) is 0 Å². The maximum atomic E-state index is 10.6. The molecule has 0 spiro atoms. The number of amides is 1. The van der Waals surface area contributed by atoms with E-state index in [1.165, 1.54) is 6.92 Å². The van der Waals surface area contributed by atoms with Crippen LogP contribution in [0.5, 0.6) is 0 Å². The molecule has 2 nitrogen and oxygen atoms in total. The zero-order chi connectivity index (χ0) is 8.85. The number of carbonyl (C=O) groups excluding carboxylic acids is 1. The van der Waals surface area contributed by atoms with E-state index in [-0.39, 0.29) is 11.2 Å². The fourth-order valence-electron chi connectivity index (χ4n) is 0.601. The number of thioether (sulfide) groups is 1. The van der Waals surface area contributed by atoms with E-state index in [4.69, 9.17) is 12.2 Å². The van der Waals surface area contributed by atoms with Gasteiger partial charge >= 0.3 is 0 Å². The van der Waals surface area contributed by atoms with E-state index >= 15 is 0 Å². The number of carbonyl (C=O) groups is 1. The molecule has 0 bridgehead atoms. The maximum absolute atomic E-state index is 10.6. The Labute approximate surface area is 77.1 Å². The highest BCUT2D eigenvalue weighted by molar-refractivity contribution is 8.01. The summed E-state index contributed by atoms with van der Waals surface area (Å²) in [7, 11) is 0. The van der Waals surface area contributed by atoms with Crippen molar-refractivity contribution >= 4 is 34.9 Å². The average molecular weight is 191 g/mol. The molecule has 1 N–H and O–H groups in total. The molecule has 64 valence electrons. The molecule has 0 aromatic rings. The highest BCUT2D eigenvalue weighted by Crippen LogP contribution is 2.09. The van der Waals surface area contributed by atoms with E-state index < -0.39 is 0 Å². The van der Waals surface area contributed by atoms with Gasteiger partial charge in [-0.25, -0.2) is 0 Å². The minimum absolute atomic E-state index is 0.0847. The molecule has 11 heavy (non-hydrogen) atoms. The lowest BCUT2D eigenvalue weighted by Gasteiger charge is -2.10. The minimum atomic E-state index is -0.0847. The normalized spacial score (nSPS) is 12.3. The van der Waals surface area contributed by atoms with Gasteiger partial charge in [0.2, 0.25) is 5.91 Å². The first-order valence-electron chi connectivity index (χ1n) is 3.51. The molecule has 0 aliphatic carbocycles. The van der Waals surface area contributed by atoms with Crippen molar-refractivity contribution in [2.24, 2.45) is 0 Å². The van der Waals surface area contributed by atoms with Gasteiger partial charge in [-0.2, -0.15) is 11.8 Å². The predicted octanol–water partition coefficient (Wildman–Crippen LogP) is 1.59. The molecule has 0 fully saturated rings. The Bertz CT molecular complexity index is 159. The van der Waals surface area contributed by atoms with E-state index in [1.54, 1.807) is 11.8 Å². The summed E-state index contributed by atoms with van der Waals surface area (Å²) in [5, 5.41) is 2.83. The predicted molar refractivity (Wildman–Crippen MR) is 54.0 cm³/mol. The van der Waals surface area contributed by atoms with Gasteiger partial charge in [-0.05, 0) is 12.7 Å². The fourth-order valence-corrected chi connectivity index (χ4v) is 1.66. The molecule has 1 amide bonds. The van der Waals surface area contributed by atoms with Crippen LogP contribution in [0.4, 0.5) is 0 Å². The molecule has 0 aliphatic heterocycles. The molecule has 0 aromatic heterocycles. The number of hydrogen-bond donors (Lipinski definition) is 1. The average Bonchev–Trinajstić information content (AvgIpc) is 1.86. The summed E-state index contributed by atoms with van der Waals surface area (Å²) >= 11 is 6.69. The van der Waals surface area contributed by atoms with E-state index in [1.807, 2.05) is 6.92 Å². The van der Waals surface area contributed by atoms with Crippen LogP contribution in [0, 0.1) is 0 Å². The molecule has 0 saturated carbocycles. The van der Waals surface area contributed by atoms with Gasteiger partial charge in [0, 0.05) is 6.92 Å². The summed E-state index contributed by atoms with van der Waals surface area (Å²) < 4.78 is 0. The molecule has 0 heterocycles. The van der Waals surface area contributed by atoms with Gasteiger partial charge in [-0.3, -0.25) is 4.79 Å². The number of thiocarbonyl (C=S) groups is 1. The van der Waals surface area contributed by atoms with Crippen molar-refractivity contribution in [3.8, 4) is 0 Å². The first-order chi connectivity index (χ1) is 5.07. The van der Waals surface area contributed by atoms with Crippen LogP contribution in [0.15, 0.2) is 0 Å². The van der Waals surface area contributed by atoms with Crippen molar-refractivity contribution in [2.75, 3.05) is 5.75 Å². The van der Waals surface area contributed by atoms with Crippen molar-refractivity contribution in [3.05, 3.63) is 0 Å². The van der Waals surface area contributed by atoms with E-state index in [2.05, 4.69) is 12.2 Å². The molecule has 1 atom stereocenters. The Morgan fingerprint density at radius 1 is 1.73 bits per heavy atom. The zero-order valence-electron chi connectivity index (χ0n) is 7.01. The molecule has 4 heteroatoms. The summed E-state index contributed by atoms with van der Waals surface area (Å²) in [6.45, 7) is 5.53. The lowest BCUT2D eigenvalue weighted by atomic mass is 10.4. The summed E-state index contributed by atoms with van der Waals surface area (Å²) in [5.74, 6) is 0.930. The topological polar surface area (TPSA) is 29.1 Å². The third-order valence-corrected chi connectivity index (χ3v) is 2.76. The van der Waals surface area contributed by atoms with Gasteiger partial charge in [-0.1, -0.05) is 19.1 Å². The summed E-state index contributed by atoms with van der Waals surface area (Å²) in [6.07, 6.45) is 0. The molecule has 0 saturated heterocycles. The highest BCUT2D eigenvalue weighted by Gasteiger charge is 2.08. The SMILES string of the molecule is CCSC(C)C(=S)NC(C)=O. The quantitative estimate of drug-likeness (QED) is 0.687. The second-order valence-corrected chi connectivity index (χ2v) is 4.20. The molecular formula is C7H13NOS2. The van der Waals surface area contributed by atoms with E-state index in [9.17, 15) is 4.79 Å². The Morgan fingerprint density at radius 2 is 2.27 bits per heavy atom. The van der Waals surface area contributed by atoms with Crippen LogP contribution in [0.1, 0.15) is 20.8 Å². The lowest BCUT2D eigenvalue weighted by molar-refractivity contribution is -0.117. The van der Waals surface area contributed by atoms with Crippen molar-refractivity contribution in [1.82, 2.24) is 5.32 Å². The monoisotopic (exact) mass is 191 g/mol. The smallest absolute Gasteiger partial charge is 0.221 e. The van der Waals surface area contributed by atoms with Crippen LogP contribution >= 0.6 is 24.0 Å². The van der Waals surface area contributed by atoms with Crippen LogP contribution in [0.2, 0.25) is 0 Å². The van der Waals surface area contributed by atoms with Gasteiger partial charge in [0.15, 0.2) is 0 Å². The Morgan fingerprint density at radius 3 is 2.64 bits per heavy atom. The molecule has 0 rings (SSSR count). The van der Waals surface area contributed by atoms with Crippen molar-refractivity contribution < 1.29 is 4.79 Å². The van der Waals surface area contributed by atoms with Crippen LogP contribution in [-0.4, -0.2) is 21.9 Å². The maximum Gasteiger partial charge on any atom is 0.221 e. The molecule has 0 aliphatic rings. The van der Waals surface area contributed by atoms with E-state index in [0.29, 0.717) is 4.99 Å². The molecule has 0 radical (unpaired) electrons. The molecule has 0 aromatic carbocycles. The zero-order valence-corrected chi connectivity index (χ0v) is 8.64. The first-order valence-corrected chi connectivity index (χ1v) is 4.96. The van der Waals surface area contributed by atoms with Crippen molar-refractivity contribution in [1.29, 1.82) is 0 Å². The van der Waals surface area contributed by atoms with Gasteiger partial charge in [-0.15, -0.1) is 0 Å². The largest absolute Gasteiger partial charge is 0.320 e. The Balaban J connectivity index is 3.73. The summed E-state index contributed by atoms with van der Waals surface area (Å²) in [4.78, 5) is 11.2. The minimum Gasteiger partial charge on any atom is -0.320 e. The fraction of sp³-hybridized carbons (Fsp3) is 0.714. The van der Waals surface area contributed by atoms with Crippen molar-refractivity contribution in [2.45, 2.75) is 26.0 Å². The molecule has 1 unspecified atom stereocenters. The summed E-state index contributed by atoms with van der Waals surface area (Å²) in [6, 6.07) is 0. The van der Waals surface area contributed by atoms with E-state index in [0.717, 1.165) is 5.75 Å². The third-order valence-electron chi connectivity index (χ3n) is 1.09. The first kappa shape index (κ1) is 10.9. The second kappa shape index (κ2) is 5.55. The standard InChI is InChI=1S/C7H13NOS2/c1-4-11-5(2)7(10)8-6(3)9/h5H,4H2,1-3H3,(H,8,9,10). The van der Waals surface area contributed by atoms with Gasteiger partial charge in [0.05, 0.1) is 10.2 Å². The number of hydrogen-bond acceptors (Lipinski definition) is 3. The van der Waals surface area contributed by atoms with Crippen LogP contribution < -0.4 is 5.32 Å². The summed E-state index contributed by atoms with van der Waals surface area (Å²) in [5.41, 5.74) is 0. The van der Waals surface area contributed by atoms with Crippen LogP contribution in [0.3, 0.4) is 0 Å². The number of rotatable bonds is 3. The Hall–Kier alpha value is -0.0900. The third kappa shape index (κ3) is 5.21.